The van der Waals surface area contributed by atoms with E-state index in [1.165, 1.54) is 0 Å². The maximum atomic E-state index is 9.51. The van der Waals surface area contributed by atoms with Crippen LogP contribution in [0, 0.1) is 0 Å². The van der Waals surface area contributed by atoms with Crippen LogP contribution in [0.25, 0.3) is 71.4 Å². The van der Waals surface area contributed by atoms with E-state index in [0.29, 0.717) is 33.1 Å². The first-order chi connectivity index (χ1) is 35.0. The predicted octanol–water partition coefficient (Wildman–Crippen LogP) is 13.9. The highest BCUT2D eigenvalue weighted by Gasteiger charge is 2.47. The molecule has 0 spiro atoms. The fourth-order valence-corrected chi connectivity index (χ4v) is 9.81. The van der Waals surface area contributed by atoms with Gasteiger partial charge in [-0.05, 0) is 117 Å². The predicted molar refractivity (Wildman–Crippen MR) is 260 cm³/mol. The van der Waals surface area contributed by atoms with Gasteiger partial charge in [-0.3, -0.25) is 0 Å². The van der Waals surface area contributed by atoms with Crippen LogP contribution in [-0.2, 0) is 16.2 Å². The SMILES string of the molecule is [2H]c1c([2H])c([2H])c(N2c3cc(C(C)(C)C)cc4c3B(c3oc5c([2H])c([2H])c([2H])c([2H])c5c32)n2c3ccc5c6cc(C(C)(C)C)ccc6n(-c6c([2H])c([2H])c([2H])c([2H])c6[2H])c5c3c3cc(C(C)(C)C)cc-4c32)c([2H])c1[2H]. The smallest absolute Gasteiger partial charge is 0.375 e. The molecule has 0 amide bonds. The summed E-state index contributed by atoms with van der Waals surface area (Å²) in [6, 6.07) is 11.5. The van der Waals surface area contributed by atoms with Crippen LogP contribution in [0.3, 0.4) is 0 Å². The molecule has 12 rings (SSSR count). The number of fused-ring (bicyclic) bond motifs is 13. The number of rotatable bonds is 2. The van der Waals surface area contributed by atoms with Crippen LogP contribution in [0.1, 0.15) is 98.2 Å². The molecule has 5 heterocycles. The van der Waals surface area contributed by atoms with Crippen LogP contribution in [0.4, 0.5) is 17.1 Å². The van der Waals surface area contributed by atoms with E-state index in [9.17, 15) is 8.22 Å². The topological polar surface area (TPSA) is 26.2 Å². The lowest BCUT2D eigenvalue weighted by Gasteiger charge is -2.39. The van der Waals surface area contributed by atoms with Crippen molar-refractivity contribution in [2.45, 2.75) is 78.6 Å². The monoisotopic (exact) mass is 805 g/mol. The summed E-state index contributed by atoms with van der Waals surface area (Å²) in [5, 5.41) is 3.04. The largest absolute Gasteiger partial charge is 0.466 e. The summed E-state index contributed by atoms with van der Waals surface area (Å²) in [7, 11) is 0. The second kappa shape index (κ2) is 12.1. The molecule has 0 radical (unpaired) electrons. The van der Waals surface area contributed by atoms with Gasteiger partial charge in [0.2, 0.25) is 0 Å². The molecule has 0 saturated carbocycles. The van der Waals surface area contributed by atoms with Crippen molar-refractivity contribution in [1.29, 1.82) is 0 Å². The quantitative estimate of drug-likeness (QED) is 0.163. The van der Waals surface area contributed by atoms with Gasteiger partial charge in [-0.1, -0.05) is 129 Å². The standard InChI is InChI=1S/C56H50BN3O/c1-54(2,3)33-24-26-44-40(28-33)38-25-27-45-48(51(38)58(44)36-18-12-10-13-19-36)43-31-34(55(4,5)6)30-42-41-29-35(56(7,8)9)32-46-49(41)57(60(45)50(42)43)53-52(39-22-16-17-23-47(39)61-53)59(46)37-20-14-11-15-21-37/h10-32H,1-9H3/i10D,11D,12D,13D,14D,15D,16D,17D,18D,19D,20D,21D,22D,23D. The van der Waals surface area contributed by atoms with Gasteiger partial charge in [0.15, 0.2) is 0 Å². The van der Waals surface area contributed by atoms with Crippen LogP contribution >= 0.6 is 0 Å². The summed E-state index contributed by atoms with van der Waals surface area (Å²) in [5.74, 6) is 0. The summed E-state index contributed by atoms with van der Waals surface area (Å²) in [6.07, 6.45) is 0. The molecule has 2 aliphatic heterocycles. The van der Waals surface area contributed by atoms with E-state index in [4.69, 9.17) is 15.4 Å². The highest BCUT2D eigenvalue weighted by atomic mass is 16.3. The van der Waals surface area contributed by atoms with Gasteiger partial charge in [-0.25, -0.2) is 0 Å². The van der Waals surface area contributed by atoms with Gasteiger partial charge in [-0.2, -0.15) is 0 Å². The first-order valence-corrected chi connectivity index (χ1v) is 20.7. The minimum Gasteiger partial charge on any atom is -0.466 e. The molecule has 0 N–H and O–H groups in total. The minimum absolute atomic E-state index is 0.0183. The molecule has 0 aliphatic carbocycles. The molecule has 0 saturated heterocycles. The maximum Gasteiger partial charge on any atom is 0.375 e. The minimum atomic E-state index is -0.953. The lowest BCUT2D eigenvalue weighted by Crippen LogP contribution is -2.56. The van der Waals surface area contributed by atoms with E-state index in [1.54, 1.807) is 9.47 Å². The van der Waals surface area contributed by atoms with Crippen molar-refractivity contribution in [2.24, 2.45) is 0 Å². The highest BCUT2D eigenvalue weighted by molar-refractivity contribution is 6.89. The van der Waals surface area contributed by atoms with Gasteiger partial charge in [0.1, 0.15) is 11.2 Å². The van der Waals surface area contributed by atoms with E-state index in [-0.39, 0.29) is 51.2 Å². The van der Waals surface area contributed by atoms with Gasteiger partial charge in [-0.15, -0.1) is 0 Å². The van der Waals surface area contributed by atoms with Crippen molar-refractivity contribution >= 4 is 89.6 Å². The van der Waals surface area contributed by atoms with Crippen molar-refractivity contribution in [3.63, 3.8) is 0 Å². The second-order valence-electron chi connectivity index (χ2n) is 19.6. The van der Waals surface area contributed by atoms with E-state index in [0.717, 1.165) is 49.5 Å². The molecule has 61 heavy (non-hydrogen) atoms. The average Bonchev–Trinajstić information content (AvgIpc) is 4.12. The van der Waals surface area contributed by atoms with Gasteiger partial charge >= 0.3 is 6.85 Å². The van der Waals surface area contributed by atoms with Crippen LogP contribution in [-0.4, -0.2) is 15.9 Å². The number of anilines is 3. The zero-order valence-electron chi connectivity index (χ0n) is 49.5. The first-order valence-electron chi connectivity index (χ1n) is 27.7. The third kappa shape index (κ3) is 5.01. The Balaban J connectivity index is 1.37. The Kier molecular flexibility index (Phi) is 4.90. The van der Waals surface area contributed by atoms with Crippen molar-refractivity contribution in [3.8, 4) is 16.8 Å². The third-order valence-electron chi connectivity index (χ3n) is 12.8. The van der Waals surface area contributed by atoms with Gasteiger partial charge in [0.05, 0.1) is 35.9 Å². The van der Waals surface area contributed by atoms with Gasteiger partial charge in [0, 0.05) is 60.6 Å². The lowest BCUT2D eigenvalue weighted by atomic mass is 9.47. The Morgan fingerprint density at radius 2 is 1.13 bits per heavy atom. The zero-order valence-corrected chi connectivity index (χ0v) is 35.5. The fraction of sp³-hybridized carbons (Fsp3) is 0.214. The summed E-state index contributed by atoms with van der Waals surface area (Å²) < 4.78 is 138. The Morgan fingerprint density at radius 1 is 0.525 bits per heavy atom. The zero-order chi connectivity index (χ0) is 54.1. The third-order valence-corrected chi connectivity index (χ3v) is 12.8. The van der Waals surface area contributed by atoms with Crippen molar-refractivity contribution in [2.75, 3.05) is 4.90 Å². The first kappa shape index (κ1) is 24.7. The van der Waals surface area contributed by atoms with Crippen molar-refractivity contribution in [1.82, 2.24) is 9.05 Å². The molecular formula is C56H50BN3O. The molecule has 0 unspecified atom stereocenters. The number of hydrogen-bond donors (Lipinski definition) is 0. The summed E-state index contributed by atoms with van der Waals surface area (Å²) >= 11 is 0. The van der Waals surface area contributed by atoms with Crippen molar-refractivity contribution < 1.29 is 23.6 Å². The molecule has 0 fully saturated rings. The molecule has 10 aromatic rings. The van der Waals surface area contributed by atoms with Gasteiger partial charge in [0.25, 0.3) is 0 Å². The Labute approximate surface area is 377 Å². The van der Waals surface area contributed by atoms with Gasteiger partial charge < -0.3 is 18.4 Å². The molecule has 7 aromatic carbocycles. The van der Waals surface area contributed by atoms with E-state index < -0.39 is 90.2 Å². The Bertz CT molecular complexity index is 4260. The molecule has 0 bridgehead atoms. The number of hydrogen-bond acceptors (Lipinski definition) is 2. The normalized spacial score (nSPS) is 17.1. The maximum absolute atomic E-state index is 9.51. The number of aromatic nitrogens is 2. The van der Waals surface area contributed by atoms with Crippen LogP contribution in [0.5, 0.6) is 0 Å². The molecule has 298 valence electrons. The number of furan rings is 1. The van der Waals surface area contributed by atoms with E-state index in [1.807, 2.05) is 30.3 Å². The summed E-state index contributed by atoms with van der Waals surface area (Å²) in [6.45, 7) is 18.0. The summed E-state index contributed by atoms with van der Waals surface area (Å²) in [5.41, 5.74) is 6.65. The van der Waals surface area contributed by atoms with Crippen LogP contribution < -0.4 is 16.0 Å². The molecule has 2 aliphatic rings. The fourth-order valence-electron chi connectivity index (χ4n) is 9.81. The van der Waals surface area contributed by atoms with Crippen LogP contribution in [0.15, 0.2) is 144 Å². The highest BCUT2D eigenvalue weighted by Crippen LogP contribution is 2.51. The van der Waals surface area contributed by atoms with E-state index in [2.05, 4.69) is 91.1 Å². The molecule has 4 nitrogen and oxygen atoms in total. The number of nitrogens with zero attached hydrogens (tertiary/aromatic N) is 3. The number of benzene rings is 7. The Morgan fingerprint density at radius 3 is 1.84 bits per heavy atom. The van der Waals surface area contributed by atoms with Crippen LogP contribution in [0.2, 0.25) is 0 Å². The lowest BCUT2D eigenvalue weighted by molar-refractivity contribution is 0.590. The molecular weight excluding hydrogens is 741 g/mol. The molecule has 3 aromatic heterocycles. The summed E-state index contributed by atoms with van der Waals surface area (Å²) in [4.78, 5) is 1.55. The van der Waals surface area contributed by atoms with E-state index >= 15 is 0 Å². The number of para-hydroxylation sites is 3. The molecule has 5 heteroatoms. The average molecular weight is 806 g/mol. The second-order valence-corrected chi connectivity index (χ2v) is 19.6. The Hall–Kier alpha value is -6.46. The van der Waals surface area contributed by atoms with Crippen molar-refractivity contribution in [3.05, 3.63) is 156 Å². The molecule has 0 atom stereocenters.